The van der Waals surface area contributed by atoms with E-state index in [1.54, 1.807) is 18.0 Å². The highest BCUT2D eigenvalue weighted by Gasteiger charge is 2.30. The molecule has 112 valence electrons. The lowest BCUT2D eigenvalue weighted by atomic mass is 9.75. The average Bonchev–Trinajstić information content (AvgIpc) is 2.91. The lowest BCUT2D eigenvalue weighted by molar-refractivity contribution is -0.130. The number of hydrogen-bond acceptors (Lipinski definition) is 3. The van der Waals surface area contributed by atoms with Crippen LogP contribution in [0.1, 0.15) is 39.4 Å². The second kappa shape index (κ2) is 6.70. The highest BCUT2D eigenvalue weighted by atomic mass is 32.2. The van der Waals surface area contributed by atoms with E-state index in [1.807, 2.05) is 17.0 Å². The predicted octanol–water partition coefficient (Wildman–Crippen LogP) is 3.80. The van der Waals surface area contributed by atoms with Crippen LogP contribution < -0.4 is 0 Å². The van der Waals surface area contributed by atoms with Crippen molar-refractivity contribution < 1.29 is 9.21 Å². The number of amides is 1. The number of nitrogens with zero attached hydrogens (tertiary/aromatic N) is 1. The number of hydrogen-bond donors (Lipinski definition) is 0. The summed E-state index contributed by atoms with van der Waals surface area (Å²) in [5, 5.41) is 0. The van der Waals surface area contributed by atoms with Crippen LogP contribution in [0.25, 0.3) is 0 Å². The molecule has 1 aromatic heterocycles. The molecule has 4 heteroatoms. The van der Waals surface area contributed by atoms with E-state index in [4.69, 9.17) is 4.42 Å². The smallest absolute Gasteiger partial charge is 0.232 e. The zero-order valence-electron chi connectivity index (χ0n) is 12.7. The predicted molar refractivity (Wildman–Crippen MR) is 83.6 cm³/mol. The van der Waals surface area contributed by atoms with Crippen LogP contribution in [-0.2, 0) is 10.5 Å². The molecule has 0 bridgehead atoms. The first kappa shape index (κ1) is 15.5. The van der Waals surface area contributed by atoms with E-state index in [2.05, 4.69) is 20.8 Å². The molecule has 20 heavy (non-hydrogen) atoms. The van der Waals surface area contributed by atoms with Gasteiger partial charge in [0.25, 0.3) is 0 Å². The summed E-state index contributed by atoms with van der Waals surface area (Å²) in [4.78, 5) is 14.2. The van der Waals surface area contributed by atoms with E-state index in [0.29, 0.717) is 11.2 Å². The van der Waals surface area contributed by atoms with Crippen LogP contribution >= 0.6 is 11.8 Å². The van der Waals surface area contributed by atoms with E-state index < -0.39 is 0 Å². The fourth-order valence-corrected chi connectivity index (χ4v) is 3.54. The largest absolute Gasteiger partial charge is 0.468 e. The van der Waals surface area contributed by atoms with Crippen LogP contribution in [-0.4, -0.2) is 29.6 Å². The minimum atomic E-state index is 0.272. The monoisotopic (exact) mass is 295 g/mol. The van der Waals surface area contributed by atoms with Gasteiger partial charge >= 0.3 is 0 Å². The molecule has 1 saturated heterocycles. The Morgan fingerprint density at radius 3 is 2.65 bits per heavy atom. The SMILES string of the molecule is CC(C)(C)C1CCN(C(=O)CSCc2ccco2)CC1. The van der Waals surface area contributed by atoms with Crippen molar-refractivity contribution in [3.63, 3.8) is 0 Å². The summed E-state index contributed by atoms with van der Waals surface area (Å²) in [7, 11) is 0. The van der Waals surface area contributed by atoms with Gasteiger partial charge in [-0.15, -0.1) is 11.8 Å². The average molecular weight is 295 g/mol. The number of carbonyl (C=O) groups excluding carboxylic acids is 1. The normalized spacial score (nSPS) is 17.4. The molecule has 2 rings (SSSR count). The quantitative estimate of drug-likeness (QED) is 0.847. The van der Waals surface area contributed by atoms with Crippen molar-refractivity contribution in [1.82, 2.24) is 4.90 Å². The van der Waals surface area contributed by atoms with Crippen molar-refractivity contribution in [2.45, 2.75) is 39.4 Å². The van der Waals surface area contributed by atoms with Crippen LogP contribution in [0.3, 0.4) is 0 Å². The number of piperidine rings is 1. The van der Waals surface area contributed by atoms with E-state index in [0.717, 1.165) is 43.4 Å². The van der Waals surface area contributed by atoms with E-state index in [9.17, 15) is 4.79 Å². The first-order valence-corrected chi connectivity index (χ1v) is 8.50. The lowest BCUT2D eigenvalue weighted by Gasteiger charge is -2.38. The maximum Gasteiger partial charge on any atom is 0.232 e. The van der Waals surface area contributed by atoms with Crippen LogP contribution in [0.4, 0.5) is 0 Å². The molecule has 0 aliphatic carbocycles. The fourth-order valence-electron chi connectivity index (χ4n) is 2.72. The first-order valence-electron chi connectivity index (χ1n) is 7.34. The molecule has 0 aromatic carbocycles. The number of thioether (sulfide) groups is 1. The Balaban J connectivity index is 1.69. The number of likely N-dealkylation sites (tertiary alicyclic amines) is 1. The molecule has 1 aliphatic rings. The Morgan fingerprint density at radius 2 is 2.10 bits per heavy atom. The summed E-state index contributed by atoms with van der Waals surface area (Å²) in [5.74, 6) is 3.28. The van der Waals surface area contributed by atoms with Gasteiger partial charge in [-0.2, -0.15) is 0 Å². The van der Waals surface area contributed by atoms with Gasteiger partial charge in [0, 0.05) is 13.1 Å². The summed E-state index contributed by atoms with van der Waals surface area (Å²) in [6.45, 7) is 8.74. The van der Waals surface area contributed by atoms with Crippen molar-refractivity contribution in [3.05, 3.63) is 24.2 Å². The van der Waals surface area contributed by atoms with Gasteiger partial charge in [-0.1, -0.05) is 20.8 Å². The fraction of sp³-hybridized carbons (Fsp3) is 0.688. The molecule has 1 fully saturated rings. The van der Waals surface area contributed by atoms with Gasteiger partial charge in [-0.05, 0) is 36.3 Å². The van der Waals surface area contributed by atoms with E-state index in [1.165, 1.54) is 0 Å². The highest BCUT2D eigenvalue weighted by Crippen LogP contribution is 2.34. The minimum Gasteiger partial charge on any atom is -0.468 e. The Morgan fingerprint density at radius 1 is 1.40 bits per heavy atom. The molecule has 0 saturated carbocycles. The van der Waals surface area contributed by atoms with Gasteiger partial charge in [-0.3, -0.25) is 4.79 Å². The molecule has 0 atom stereocenters. The zero-order valence-corrected chi connectivity index (χ0v) is 13.5. The molecule has 1 aliphatic heterocycles. The van der Waals surface area contributed by atoms with Gasteiger partial charge in [0.05, 0.1) is 17.8 Å². The molecule has 0 spiro atoms. The maximum absolute atomic E-state index is 12.2. The van der Waals surface area contributed by atoms with Gasteiger partial charge in [0.2, 0.25) is 5.91 Å². The lowest BCUT2D eigenvalue weighted by Crippen LogP contribution is -2.42. The number of rotatable bonds is 4. The van der Waals surface area contributed by atoms with Crippen LogP contribution in [0.2, 0.25) is 0 Å². The Kier molecular flexibility index (Phi) is 5.19. The molecule has 0 N–H and O–H groups in total. The minimum absolute atomic E-state index is 0.272. The molecule has 0 radical (unpaired) electrons. The van der Waals surface area contributed by atoms with Crippen LogP contribution in [0.15, 0.2) is 22.8 Å². The summed E-state index contributed by atoms with van der Waals surface area (Å²) in [5.41, 5.74) is 0.364. The van der Waals surface area contributed by atoms with E-state index >= 15 is 0 Å². The van der Waals surface area contributed by atoms with Crippen molar-refractivity contribution in [2.24, 2.45) is 11.3 Å². The second-order valence-corrected chi connectivity index (χ2v) is 7.58. The van der Waals surface area contributed by atoms with Gasteiger partial charge in [0.15, 0.2) is 0 Å². The van der Waals surface area contributed by atoms with Crippen molar-refractivity contribution >= 4 is 17.7 Å². The topological polar surface area (TPSA) is 33.5 Å². The van der Waals surface area contributed by atoms with Crippen molar-refractivity contribution in [2.75, 3.05) is 18.8 Å². The zero-order chi connectivity index (χ0) is 14.6. The summed E-state index contributed by atoms with van der Waals surface area (Å²) < 4.78 is 5.27. The molecule has 1 aromatic rings. The standard InChI is InChI=1S/C16H25NO2S/c1-16(2,3)13-6-8-17(9-7-13)15(18)12-20-11-14-5-4-10-19-14/h4-5,10,13H,6-9,11-12H2,1-3H3. The number of furan rings is 1. The molecular weight excluding hydrogens is 270 g/mol. The van der Waals surface area contributed by atoms with Crippen LogP contribution in [0.5, 0.6) is 0 Å². The third-order valence-electron chi connectivity index (χ3n) is 4.12. The Labute approximate surface area is 126 Å². The van der Waals surface area contributed by atoms with Gasteiger partial charge in [0.1, 0.15) is 5.76 Å². The third kappa shape index (κ3) is 4.30. The summed E-state index contributed by atoms with van der Waals surface area (Å²) in [6.07, 6.45) is 3.95. The molecule has 0 unspecified atom stereocenters. The van der Waals surface area contributed by atoms with Gasteiger partial charge < -0.3 is 9.32 Å². The van der Waals surface area contributed by atoms with Crippen molar-refractivity contribution in [1.29, 1.82) is 0 Å². The highest BCUT2D eigenvalue weighted by molar-refractivity contribution is 7.99. The second-order valence-electron chi connectivity index (χ2n) is 6.59. The molecule has 3 nitrogen and oxygen atoms in total. The Hall–Kier alpha value is -0.900. The van der Waals surface area contributed by atoms with Gasteiger partial charge in [-0.25, -0.2) is 0 Å². The first-order chi connectivity index (χ1) is 9.47. The van der Waals surface area contributed by atoms with Crippen LogP contribution in [0, 0.1) is 11.3 Å². The Bertz CT molecular complexity index is 414. The summed E-state index contributed by atoms with van der Waals surface area (Å²) in [6, 6.07) is 3.83. The summed E-state index contributed by atoms with van der Waals surface area (Å²) >= 11 is 1.63. The molecule has 2 heterocycles. The maximum atomic E-state index is 12.2. The third-order valence-corrected chi connectivity index (χ3v) is 5.06. The molecular formula is C16H25NO2S. The van der Waals surface area contributed by atoms with Crippen molar-refractivity contribution in [3.8, 4) is 0 Å². The number of carbonyl (C=O) groups is 1. The van der Waals surface area contributed by atoms with E-state index in [-0.39, 0.29) is 5.91 Å². The molecule has 1 amide bonds.